The van der Waals surface area contributed by atoms with Crippen molar-refractivity contribution in [1.82, 2.24) is 15.0 Å². The Balaban J connectivity index is 1.52. The van der Waals surface area contributed by atoms with Gasteiger partial charge in [-0.2, -0.15) is 13.2 Å². The molecule has 2 N–H and O–H groups in total. The second kappa shape index (κ2) is 8.08. The van der Waals surface area contributed by atoms with Crippen LogP contribution in [0, 0.1) is 5.92 Å². The number of thiazole rings is 1. The molecule has 3 aromatic rings. The van der Waals surface area contributed by atoms with Crippen LogP contribution >= 0.6 is 11.3 Å². The topological polar surface area (TPSA) is 70.9 Å². The van der Waals surface area contributed by atoms with E-state index < -0.39 is 18.0 Å². The Labute approximate surface area is 169 Å². The zero-order valence-corrected chi connectivity index (χ0v) is 16.2. The zero-order valence-electron chi connectivity index (χ0n) is 15.4. The van der Waals surface area contributed by atoms with E-state index in [0.717, 1.165) is 48.4 Å². The Kier molecular flexibility index (Phi) is 5.51. The highest BCUT2D eigenvalue weighted by Crippen LogP contribution is 2.39. The van der Waals surface area contributed by atoms with E-state index >= 15 is 0 Å². The Bertz CT molecular complexity index is 986. The SMILES string of the molecule is OC(c1ncc(-c2cccc(Nc3nccc(C(F)(F)F)n3)c2)s1)C1CCCC1. The van der Waals surface area contributed by atoms with Crippen molar-refractivity contribution in [2.75, 3.05) is 5.32 Å². The summed E-state index contributed by atoms with van der Waals surface area (Å²) in [4.78, 5) is 12.6. The van der Waals surface area contributed by atoms with Crippen molar-refractivity contribution in [3.05, 3.63) is 53.4 Å². The molecule has 5 nitrogen and oxygen atoms in total. The number of nitrogens with zero attached hydrogens (tertiary/aromatic N) is 3. The molecular weight excluding hydrogens is 401 g/mol. The fourth-order valence-corrected chi connectivity index (χ4v) is 4.48. The van der Waals surface area contributed by atoms with Gasteiger partial charge in [-0.15, -0.1) is 11.3 Å². The Morgan fingerprint density at radius 1 is 1.14 bits per heavy atom. The lowest BCUT2D eigenvalue weighted by molar-refractivity contribution is -0.141. The van der Waals surface area contributed by atoms with Crippen LogP contribution in [0.3, 0.4) is 0 Å². The van der Waals surface area contributed by atoms with Gasteiger partial charge in [-0.1, -0.05) is 25.0 Å². The Hall–Kier alpha value is -2.52. The molecule has 1 aliphatic rings. The van der Waals surface area contributed by atoms with Crippen LogP contribution in [0.25, 0.3) is 10.4 Å². The number of halogens is 3. The molecule has 0 radical (unpaired) electrons. The van der Waals surface area contributed by atoms with Gasteiger partial charge < -0.3 is 10.4 Å². The van der Waals surface area contributed by atoms with Gasteiger partial charge in [0.2, 0.25) is 5.95 Å². The van der Waals surface area contributed by atoms with E-state index in [9.17, 15) is 18.3 Å². The summed E-state index contributed by atoms with van der Waals surface area (Å²) in [6.45, 7) is 0. The predicted octanol–water partition coefficient (Wildman–Crippen LogP) is 5.59. The molecule has 4 rings (SSSR count). The van der Waals surface area contributed by atoms with Gasteiger partial charge in [0.25, 0.3) is 0 Å². The third-order valence-corrected chi connectivity index (χ3v) is 6.09. The van der Waals surface area contributed by atoms with Crippen molar-refractivity contribution < 1.29 is 18.3 Å². The van der Waals surface area contributed by atoms with Crippen LogP contribution in [-0.2, 0) is 6.18 Å². The van der Waals surface area contributed by atoms with Gasteiger partial charge in [0.05, 0.1) is 4.88 Å². The molecule has 0 aliphatic heterocycles. The molecule has 1 aromatic carbocycles. The molecule has 0 amide bonds. The predicted molar refractivity (Wildman–Crippen MR) is 105 cm³/mol. The van der Waals surface area contributed by atoms with Crippen molar-refractivity contribution in [2.45, 2.75) is 38.0 Å². The summed E-state index contributed by atoms with van der Waals surface area (Å²) in [6.07, 6.45) is 2.05. The number of aliphatic hydroxyl groups excluding tert-OH is 1. The summed E-state index contributed by atoms with van der Waals surface area (Å²) >= 11 is 1.43. The van der Waals surface area contributed by atoms with Gasteiger partial charge in [0.1, 0.15) is 16.8 Å². The van der Waals surface area contributed by atoms with Crippen molar-refractivity contribution in [3.63, 3.8) is 0 Å². The molecule has 2 heterocycles. The summed E-state index contributed by atoms with van der Waals surface area (Å²) in [5.41, 5.74) is 0.414. The zero-order chi connectivity index (χ0) is 20.4. The first kappa shape index (κ1) is 19.8. The molecule has 0 saturated heterocycles. The van der Waals surface area contributed by atoms with Gasteiger partial charge in [0.15, 0.2) is 0 Å². The van der Waals surface area contributed by atoms with Gasteiger partial charge in [-0.05, 0) is 42.5 Å². The average molecular weight is 420 g/mol. The van der Waals surface area contributed by atoms with Crippen LogP contribution in [0.15, 0.2) is 42.7 Å². The van der Waals surface area contributed by atoms with Crippen LogP contribution in [0.4, 0.5) is 24.8 Å². The molecular formula is C20H19F3N4OS. The molecule has 1 atom stereocenters. The third kappa shape index (κ3) is 4.56. The van der Waals surface area contributed by atoms with E-state index in [0.29, 0.717) is 10.7 Å². The average Bonchev–Trinajstić information content (AvgIpc) is 3.40. The van der Waals surface area contributed by atoms with E-state index in [4.69, 9.17) is 0 Å². The molecule has 29 heavy (non-hydrogen) atoms. The monoisotopic (exact) mass is 420 g/mol. The lowest BCUT2D eigenvalue weighted by Crippen LogP contribution is -2.10. The second-order valence-electron chi connectivity index (χ2n) is 7.02. The smallest absolute Gasteiger partial charge is 0.386 e. The number of alkyl halides is 3. The quantitative estimate of drug-likeness (QED) is 0.563. The number of hydrogen-bond acceptors (Lipinski definition) is 6. The molecule has 1 unspecified atom stereocenters. The van der Waals surface area contributed by atoms with Crippen molar-refractivity contribution in [2.24, 2.45) is 5.92 Å². The van der Waals surface area contributed by atoms with Crippen molar-refractivity contribution >= 4 is 23.0 Å². The largest absolute Gasteiger partial charge is 0.433 e. The second-order valence-corrected chi connectivity index (χ2v) is 8.08. The normalized spacial score (nSPS) is 16.1. The van der Waals surface area contributed by atoms with Crippen LogP contribution in [-0.4, -0.2) is 20.1 Å². The molecule has 0 bridgehead atoms. The standard InChI is InChI=1S/C20H19F3N4OS/c21-20(22,23)16-8-9-24-19(27-16)26-14-7-3-6-13(10-14)15-11-25-18(29-15)17(28)12-4-1-2-5-12/h3,6-12,17,28H,1-2,4-5H2,(H,24,26,27). The minimum Gasteiger partial charge on any atom is -0.386 e. The maximum absolute atomic E-state index is 12.8. The summed E-state index contributed by atoms with van der Waals surface area (Å²) < 4.78 is 38.5. The number of hydrogen-bond donors (Lipinski definition) is 2. The maximum Gasteiger partial charge on any atom is 0.433 e. The lowest BCUT2D eigenvalue weighted by atomic mass is 10.0. The minimum atomic E-state index is -4.53. The van der Waals surface area contributed by atoms with Crippen LogP contribution in [0.1, 0.15) is 42.5 Å². The van der Waals surface area contributed by atoms with Crippen LogP contribution in [0.2, 0.25) is 0 Å². The number of nitrogens with one attached hydrogen (secondary N) is 1. The molecule has 1 aliphatic carbocycles. The van der Waals surface area contributed by atoms with Gasteiger partial charge in [-0.25, -0.2) is 15.0 Å². The van der Waals surface area contributed by atoms with Crippen molar-refractivity contribution in [3.8, 4) is 10.4 Å². The lowest BCUT2D eigenvalue weighted by Gasteiger charge is -2.14. The fraction of sp³-hybridized carbons (Fsp3) is 0.350. The van der Waals surface area contributed by atoms with E-state index in [1.807, 2.05) is 6.07 Å². The highest BCUT2D eigenvalue weighted by molar-refractivity contribution is 7.15. The number of benzene rings is 1. The fourth-order valence-electron chi connectivity index (χ4n) is 3.49. The highest BCUT2D eigenvalue weighted by atomic mass is 32.1. The van der Waals surface area contributed by atoms with E-state index in [-0.39, 0.29) is 11.9 Å². The van der Waals surface area contributed by atoms with E-state index in [1.165, 1.54) is 11.3 Å². The minimum absolute atomic E-state index is 0.126. The van der Waals surface area contributed by atoms with Gasteiger partial charge in [0, 0.05) is 18.1 Å². The third-order valence-electron chi connectivity index (χ3n) is 4.97. The first-order valence-electron chi connectivity index (χ1n) is 9.31. The van der Waals surface area contributed by atoms with E-state index in [1.54, 1.807) is 24.4 Å². The summed E-state index contributed by atoms with van der Waals surface area (Å²) in [5, 5.41) is 14.1. The summed E-state index contributed by atoms with van der Waals surface area (Å²) in [7, 11) is 0. The van der Waals surface area contributed by atoms with Gasteiger partial charge in [-0.3, -0.25) is 0 Å². The Morgan fingerprint density at radius 3 is 2.69 bits per heavy atom. The van der Waals surface area contributed by atoms with Crippen molar-refractivity contribution in [1.29, 1.82) is 0 Å². The highest BCUT2D eigenvalue weighted by Gasteiger charge is 2.32. The summed E-state index contributed by atoms with van der Waals surface area (Å²) in [6, 6.07) is 8.02. The van der Waals surface area contributed by atoms with Crippen LogP contribution < -0.4 is 5.32 Å². The number of anilines is 2. The molecule has 1 saturated carbocycles. The van der Waals surface area contributed by atoms with Crippen LogP contribution in [0.5, 0.6) is 0 Å². The maximum atomic E-state index is 12.8. The number of aliphatic hydroxyl groups is 1. The van der Waals surface area contributed by atoms with Gasteiger partial charge >= 0.3 is 6.18 Å². The molecule has 1 fully saturated rings. The summed E-state index contributed by atoms with van der Waals surface area (Å²) in [5.74, 6) is 0.138. The number of rotatable bonds is 5. The Morgan fingerprint density at radius 2 is 1.93 bits per heavy atom. The first-order chi connectivity index (χ1) is 13.9. The molecule has 0 spiro atoms. The first-order valence-corrected chi connectivity index (χ1v) is 10.1. The molecule has 2 aromatic heterocycles. The van der Waals surface area contributed by atoms with E-state index in [2.05, 4.69) is 20.3 Å². The molecule has 9 heteroatoms. The molecule has 152 valence electrons. The number of aromatic nitrogens is 3.